The van der Waals surface area contributed by atoms with Crippen LogP contribution in [0.5, 0.6) is 11.5 Å². The molecule has 0 radical (unpaired) electrons. The first-order chi connectivity index (χ1) is 12.2. The second-order valence-corrected chi connectivity index (χ2v) is 6.16. The Kier molecular flexibility index (Phi) is 8.13. The largest absolute Gasteiger partial charge is 0.494 e. The van der Waals surface area contributed by atoms with Crippen molar-refractivity contribution in [1.82, 2.24) is 0 Å². The van der Waals surface area contributed by atoms with Crippen molar-refractivity contribution in [3.8, 4) is 11.5 Å². The van der Waals surface area contributed by atoms with Crippen LogP contribution in [0.2, 0.25) is 5.02 Å². The second-order valence-electron chi connectivity index (χ2n) is 5.73. The Bertz CT molecular complexity index is 658. The summed E-state index contributed by atoms with van der Waals surface area (Å²) >= 11 is 5.81. The van der Waals surface area contributed by atoms with E-state index >= 15 is 0 Å². The number of nitrogens with one attached hydrogen (secondary N) is 1. The van der Waals surface area contributed by atoms with Crippen LogP contribution in [-0.2, 0) is 4.79 Å². The van der Waals surface area contributed by atoms with Gasteiger partial charge in [-0.3, -0.25) is 4.79 Å². The fourth-order valence-corrected chi connectivity index (χ4v) is 2.39. The van der Waals surface area contributed by atoms with Gasteiger partial charge in [0.15, 0.2) is 6.61 Å². The third-order valence-electron chi connectivity index (χ3n) is 3.57. The number of carbonyl (C=O) groups excluding carboxylic acids is 1. The van der Waals surface area contributed by atoms with Crippen LogP contribution in [0.1, 0.15) is 32.6 Å². The fraction of sp³-hybridized carbons (Fsp3) is 0.350. The van der Waals surface area contributed by atoms with Gasteiger partial charge in [-0.2, -0.15) is 0 Å². The van der Waals surface area contributed by atoms with Crippen LogP contribution in [-0.4, -0.2) is 19.1 Å². The van der Waals surface area contributed by atoms with Gasteiger partial charge < -0.3 is 14.8 Å². The van der Waals surface area contributed by atoms with E-state index in [1.165, 1.54) is 19.3 Å². The quantitative estimate of drug-likeness (QED) is 0.583. The van der Waals surface area contributed by atoms with E-state index in [2.05, 4.69) is 12.2 Å². The number of rotatable bonds is 10. The van der Waals surface area contributed by atoms with Crippen LogP contribution in [0.25, 0.3) is 0 Å². The smallest absolute Gasteiger partial charge is 0.262 e. The summed E-state index contributed by atoms with van der Waals surface area (Å²) in [5.41, 5.74) is 0.691. The lowest BCUT2D eigenvalue weighted by atomic mass is 10.2. The molecule has 2 aromatic carbocycles. The number of halogens is 1. The molecule has 0 heterocycles. The standard InChI is InChI=1S/C20H24ClNO3/c1-2-3-4-5-13-24-19-8-6-7-17(14-19)22-20(23)15-25-18-11-9-16(21)10-12-18/h6-12,14H,2-5,13,15H2,1H3,(H,22,23). The first-order valence-electron chi connectivity index (χ1n) is 8.58. The third-order valence-corrected chi connectivity index (χ3v) is 3.82. The van der Waals surface area contributed by atoms with E-state index in [-0.39, 0.29) is 12.5 Å². The van der Waals surface area contributed by atoms with Gasteiger partial charge in [-0.05, 0) is 42.8 Å². The Balaban J connectivity index is 1.76. The normalized spacial score (nSPS) is 10.3. The molecule has 134 valence electrons. The summed E-state index contributed by atoms with van der Waals surface area (Å²) in [5, 5.41) is 3.43. The Morgan fingerprint density at radius 3 is 2.56 bits per heavy atom. The number of carbonyl (C=O) groups is 1. The highest BCUT2D eigenvalue weighted by atomic mass is 35.5. The van der Waals surface area contributed by atoms with E-state index in [9.17, 15) is 4.79 Å². The van der Waals surface area contributed by atoms with E-state index < -0.39 is 0 Å². The van der Waals surface area contributed by atoms with E-state index in [1.54, 1.807) is 24.3 Å². The Labute approximate surface area is 154 Å². The lowest BCUT2D eigenvalue weighted by Gasteiger charge is -2.10. The van der Waals surface area contributed by atoms with Crippen molar-refractivity contribution in [2.75, 3.05) is 18.5 Å². The first-order valence-corrected chi connectivity index (χ1v) is 8.96. The predicted octanol–water partition coefficient (Wildman–Crippen LogP) is 5.32. The van der Waals surface area contributed by atoms with E-state index in [0.29, 0.717) is 23.1 Å². The number of ether oxygens (including phenoxy) is 2. The molecule has 0 bridgehead atoms. The van der Waals surface area contributed by atoms with E-state index in [4.69, 9.17) is 21.1 Å². The summed E-state index contributed by atoms with van der Waals surface area (Å²) in [4.78, 5) is 12.0. The van der Waals surface area contributed by atoms with Gasteiger partial charge >= 0.3 is 0 Å². The van der Waals surface area contributed by atoms with Gasteiger partial charge in [0.25, 0.3) is 5.91 Å². The minimum atomic E-state index is -0.227. The molecule has 0 aliphatic heterocycles. The summed E-state index contributed by atoms with van der Waals surface area (Å²) in [6.45, 7) is 2.81. The molecule has 2 aromatic rings. The molecule has 25 heavy (non-hydrogen) atoms. The summed E-state index contributed by atoms with van der Waals surface area (Å²) < 4.78 is 11.1. The van der Waals surface area contributed by atoms with Gasteiger partial charge in [-0.15, -0.1) is 0 Å². The van der Waals surface area contributed by atoms with Crippen molar-refractivity contribution in [3.05, 3.63) is 53.6 Å². The van der Waals surface area contributed by atoms with Crippen LogP contribution in [0.4, 0.5) is 5.69 Å². The van der Waals surface area contributed by atoms with Crippen molar-refractivity contribution in [2.45, 2.75) is 32.6 Å². The van der Waals surface area contributed by atoms with E-state index in [1.807, 2.05) is 24.3 Å². The molecule has 1 N–H and O–H groups in total. The highest BCUT2D eigenvalue weighted by molar-refractivity contribution is 6.30. The maximum atomic E-state index is 12.0. The molecule has 0 aliphatic rings. The van der Waals surface area contributed by atoms with Crippen LogP contribution >= 0.6 is 11.6 Å². The Morgan fingerprint density at radius 1 is 1.00 bits per heavy atom. The lowest BCUT2D eigenvalue weighted by molar-refractivity contribution is -0.118. The number of amides is 1. The van der Waals surface area contributed by atoms with Gasteiger partial charge in [-0.25, -0.2) is 0 Å². The molecule has 5 heteroatoms. The SMILES string of the molecule is CCCCCCOc1cccc(NC(=O)COc2ccc(Cl)cc2)c1. The average molecular weight is 362 g/mol. The summed E-state index contributed by atoms with van der Waals surface area (Å²) in [6.07, 6.45) is 4.65. The molecule has 0 saturated carbocycles. The molecule has 0 aromatic heterocycles. The topological polar surface area (TPSA) is 47.6 Å². The maximum absolute atomic E-state index is 12.0. The van der Waals surface area contributed by atoms with Crippen molar-refractivity contribution >= 4 is 23.2 Å². The number of hydrogen-bond donors (Lipinski definition) is 1. The number of hydrogen-bond acceptors (Lipinski definition) is 3. The zero-order chi connectivity index (χ0) is 17.9. The Hall–Kier alpha value is -2.20. The fourth-order valence-electron chi connectivity index (χ4n) is 2.26. The van der Waals surface area contributed by atoms with Gasteiger partial charge in [0.05, 0.1) is 6.61 Å². The molecule has 1 amide bonds. The minimum absolute atomic E-state index is 0.0657. The van der Waals surface area contributed by atoms with Crippen LogP contribution < -0.4 is 14.8 Å². The average Bonchev–Trinajstić information content (AvgIpc) is 2.61. The van der Waals surface area contributed by atoms with Gasteiger partial charge in [0, 0.05) is 16.8 Å². The molecule has 0 aliphatic carbocycles. The summed E-state index contributed by atoms with van der Waals surface area (Å²) in [6, 6.07) is 14.3. The molecule has 0 unspecified atom stereocenters. The Morgan fingerprint density at radius 2 is 1.80 bits per heavy atom. The molecular formula is C20H24ClNO3. The molecule has 0 atom stereocenters. The second kappa shape index (κ2) is 10.6. The zero-order valence-corrected chi connectivity index (χ0v) is 15.2. The molecule has 4 nitrogen and oxygen atoms in total. The lowest BCUT2D eigenvalue weighted by Crippen LogP contribution is -2.20. The van der Waals surface area contributed by atoms with E-state index in [0.717, 1.165) is 12.2 Å². The molecule has 0 fully saturated rings. The van der Waals surface area contributed by atoms with Crippen molar-refractivity contribution in [1.29, 1.82) is 0 Å². The highest BCUT2D eigenvalue weighted by Crippen LogP contribution is 2.18. The van der Waals surface area contributed by atoms with Gasteiger partial charge in [0.2, 0.25) is 0 Å². The monoisotopic (exact) mass is 361 g/mol. The van der Waals surface area contributed by atoms with Crippen molar-refractivity contribution in [2.24, 2.45) is 0 Å². The number of benzene rings is 2. The van der Waals surface area contributed by atoms with Crippen molar-refractivity contribution in [3.63, 3.8) is 0 Å². The first kappa shape index (κ1) is 19.1. The van der Waals surface area contributed by atoms with Crippen LogP contribution in [0.3, 0.4) is 0 Å². The van der Waals surface area contributed by atoms with Crippen molar-refractivity contribution < 1.29 is 14.3 Å². The summed E-state index contributed by atoms with van der Waals surface area (Å²) in [5.74, 6) is 1.13. The summed E-state index contributed by atoms with van der Waals surface area (Å²) in [7, 11) is 0. The molecule has 0 spiro atoms. The van der Waals surface area contributed by atoms with Crippen LogP contribution in [0, 0.1) is 0 Å². The van der Waals surface area contributed by atoms with Gasteiger partial charge in [-0.1, -0.05) is 43.9 Å². The molecular weight excluding hydrogens is 338 g/mol. The van der Waals surface area contributed by atoms with Gasteiger partial charge in [0.1, 0.15) is 11.5 Å². The third kappa shape index (κ3) is 7.48. The molecule has 0 saturated heterocycles. The number of unbranched alkanes of at least 4 members (excludes halogenated alkanes) is 3. The predicted molar refractivity (Wildman–Crippen MR) is 102 cm³/mol. The number of anilines is 1. The minimum Gasteiger partial charge on any atom is -0.494 e. The highest BCUT2D eigenvalue weighted by Gasteiger charge is 2.05. The zero-order valence-electron chi connectivity index (χ0n) is 14.5. The molecule has 2 rings (SSSR count). The van der Waals surface area contributed by atoms with Crippen LogP contribution in [0.15, 0.2) is 48.5 Å². The maximum Gasteiger partial charge on any atom is 0.262 e.